The van der Waals surface area contributed by atoms with Gasteiger partial charge >= 0.3 is 0 Å². The molecule has 0 amide bonds. The van der Waals surface area contributed by atoms with Crippen LogP contribution in [-0.2, 0) is 6.54 Å². The Hall–Kier alpha value is -0.760. The highest BCUT2D eigenvalue weighted by molar-refractivity contribution is 5.09. The number of hydrogen-bond acceptors (Lipinski definition) is 1. The molecule has 1 N–H and O–H groups in total. The fourth-order valence-electron chi connectivity index (χ4n) is 2.44. The Balaban J connectivity index is 2.04. The van der Waals surface area contributed by atoms with Crippen molar-refractivity contribution in [2.75, 3.05) is 0 Å². The Kier molecular flexibility index (Phi) is 2.92. The molecule has 1 atom stereocenters. The van der Waals surface area contributed by atoms with Crippen molar-refractivity contribution in [3.8, 4) is 0 Å². The first-order chi connectivity index (χ1) is 6.77. The van der Waals surface area contributed by atoms with Crippen LogP contribution in [0, 0.1) is 5.92 Å². The summed E-state index contributed by atoms with van der Waals surface area (Å²) in [5, 5.41) is 9.55. The third-order valence-corrected chi connectivity index (χ3v) is 3.22. The first kappa shape index (κ1) is 9.78. The molecule has 2 rings (SSSR count). The number of rotatable bonds is 3. The van der Waals surface area contributed by atoms with Crippen molar-refractivity contribution in [3.63, 3.8) is 0 Å². The van der Waals surface area contributed by atoms with E-state index in [0.29, 0.717) is 0 Å². The van der Waals surface area contributed by atoms with Gasteiger partial charge in [-0.15, -0.1) is 0 Å². The standard InChI is InChI=1S/C12H19NO/c1-10(14)12-7-4-8-13(12)9-11-5-2-3-6-11/h4,7-8,10-11,14H,2-3,5-6,9H2,1H3. The zero-order valence-electron chi connectivity index (χ0n) is 8.82. The van der Waals surface area contributed by atoms with Gasteiger partial charge in [-0.25, -0.2) is 0 Å². The first-order valence-corrected chi connectivity index (χ1v) is 5.60. The van der Waals surface area contributed by atoms with Gasteiger partial charge < -0.3 is 9.67 Å². The quantitative estimate of drug-likeness (QED) is 0.784. The van der Waals surface area contributed by atoms with Crippen molar-refractivity contribution in [2.45, 2.75) is 45.3 Å². The SMILES string of the molecule is CC(O)c1cccn1CC1CCCC1. The van der Waals surface area contributed by atoms with Gasteiger partial charge in [-0.1, -0.05) is 12.8 Å². The van der Waals surface area contributed by atoms with Crippen molar-refractivity contribution < 1.29 is 5.11 Å². The molecule has 0 spiro atoms. The van der Waals surface area contributed by atoms with Crippen LogP contribution in [0.15, 0.2) is 18.3 Å². The van der Waals surface area contributed by atoms with E-state index in [0.717, 1.165) is 18.2 Å². The van der Waals surface area contributed by atoms with E-state index < -0.39 is 0 Å². The third kappa shape index (κ3) is 2.01. The van der Waals surface area contributed by atoms with Crippen LogP contribution < -0.4 is 0 Å². The smallest absolute Gasteiger partial charge is 0.0911 e. The average Bonchev–Trinajstić information content (AvgIpc) is 2.75. The summed E-state index contributed by atoms with van der Waals surface area (Å²) < 4.78 is 2.21. The topological polar surface area (TPSA) is 25.2 Å². The Morgan fingerprint density at radius 3 is 2.86 bits per heavy atom. The van der Waals surface area contributed by atoms with Crippen LogP contribution in [0.1, 0.15) is 44.4 Å². The number of aromatic nitrogens is 1. The van der Waals surface area contributed by atoms with Gasteiger partial charge in [0.05, 0.1) is 6.10 Å². The predicted molar refractivity (Wildman–Crippen MR) is 57.0 cm³/mol. The fraction of sp³-hybridized carbons (Fsp3) is 0.667. The van der Waals surface area contributed by atoms with E-state index in [4.69, 9.17) is 0 Å². The van der Waals surface area contributed by atoms with Crippen LogP contribution >= 0.6 is 0 Å². The molecule has 78 valence electrons. The van der Waals surface area contributed by atoms with Gasteiger partial charge in [0, 0.05) is 18.4 Å². The summed E-state index contributed by atoms with van der Waals surface area (Å²) in [5.74, 6) is 0.833. The molecule has 0 radical (unpaired) electrons. The summed E-state index contributed by atoms with van der Waals surface area (Å²) in [6, 6.07) is 4.04. The summed E-state index contributed by atoms with van der Waals surface area (Å²) in [4.78, 5) is 0. The summed E-state index contributed by atoms with van der Waals surface area (Å²) in [6.45, 7) is 2.92. The minimum Gasteiger partial charge on any atom is -0.387 e. The lowest BCUT2D eigenvalue weighted by Crippen LogP contribution is -2.10. The molecule has 0 aromatic carbocycles. The number of nitrogens with zero attached hydrogens (tertiary/aromatic N) is 1. The number of aliphatic hydroxyl groups excluding tert-OH is 1. The van der Waals surface area contributed by atoms with Crippen molar-refractivity contribution in [3.05, 3.63) is 24.0 Å². The largest absolute Gasteiger partial charge is 0.387 e. The highest BCUT2D eigenvalue weighted by Gasteiger charge is 2.17. The number of aliphatic hydroxyl groups is 1. The van der Waals surface area contributed by atoms with Gasteiger partial charge in [0.1, 0.15) is 0 Å². The molecular formula is C12H19NO. The van der Waals surface area contributed by atoms with Crippen LogP contribution in [0.3, 0.4) is 0 Å². The van der Waals surface area contributed by atoms with Crippen LogP contribution in [0.4, 0.5) is 0 Å². The Morgan fingerprint density at radius 1 is 1.50 bits per heavy atom. The van der Waals surface area contributed by atoms with E-state index in [-0.39, 0.29) is 6.10 Å². The fourth-order valence-corrected chi connectivity index (χ4v) is 2.44. The van der Waals surface area contributed by atoms with Gasteiger partial charge in [-0.05, 0) is 37.8 Å². The minimum atomic E-state index is -0.341. The maximum absolute atomic E-state index is 9.55. The van der Waals surface area contributed by atoms with E-state index in [2.05, 4.69) is 10.8 Å². The molecule has 0 saturated heterocycles. The monoisotopic (exact) mass is 193 g/mol. The van der Waals surface area contributed by atoms with E-state index in [9.17, 15) is 5.11 Å². The van der Waals surface area contributed by atoms with Crippen LogP contribution in [0.25, 0.3) is 0 Å². The van der Waals surface area contributed by atoms with Crippen molar-refractivity contribution >= 4 is 0 Å². The molecule has 1 aliphatic rings. The van der Waals surface area contributed by atoms with E-state index >= 15 is 0 Å². The predicted octanol–water partition coefficient (Wildman–Crippen LogP) is 2.73. The summed E-state index contributed by atoms with van der Waals surface area (Å²) in [7, 11) is 0. The third-order valence-electron chi connectivity index (χ3n) is 3.22. The lowest BCUT2D eigenvalue weighted by Gasteiger charge is -2.15. The molecule has 1 saturated carbocycles. The zero-order valence-corrected chi connectivity index (χ0v) is 8.82. The molecule has 0 bridgehead atoms. The second kappa shape index (κ2) is 4.18. The van der Waals surface area contributed by atoms with Crippen molar-refractivity contribution in [2.24, 2.45) is 5.92 Å². The van der Waals surface area contributed by atoms with Gasteiger partial charge in [0.2, 0.25) is 0 Å². The highest BCUT2D eigenvalue weighted by atomic mass is 16.3. The second-order valence-electron chi connectivity index (χ2n) is 4.41. The molecule has 1 fully saturated rings. The Bertz CT molecular complexity index is 284. The van der Waals surface area contributed by atoms with Gasteiger partial charge in [-0.2, -0.15) is 0 Å². The minimum absolute atomic E-state index is 0.341. The maximum Gasteiger partial charge on any atom is 0.0911 e. The van der Waals surface area contributed by atoms with Gasteiger partial charge in [-0.3, -0.25) is 0 Å². The maximum atomic E-state index is 9.55. The molecule has 0 aliphatic heterocycles. The average molecular weight is 193 g/mol. The second-order valence-corrected chi connectivity index (χ2v) is 4.41. The molecule has 1 heterocycles. The van der Waals surface area contributed by atoms with E-state index in [1.807, 2.05) is 19.1 Å². The van der Waals surface area contributed by atoms with E-state index in [1.54, 1.807) is 0 Å². The lowest BCUT2D eigenvalue weighted by atomic mass is 10.1. The van der Waals surface area contributed by atoms with Gasteiger partial charge in [0.15, 0.2) is 0 Å². The first-order valence-electron chi connectivity index (χ1n) is 5.60. The number of hydrogen-bond donors (Lipinski definition) is 1. The van der Waals surface area contributed by atoms with Crippen LogP contribution in [-0.4, -0.2) is 9.67 Å². The molecule has 2 nitrogen and oxygen atoms in total. The van der Waals surface area contributed by atoms with Crippen LogP contribution in [0.5, 0.6) is 0 Å². The van der Waals surface area contributed by atoms with Crippen LogP contribution in [0.2, 0.25) is 0 Å². The lowest BCUT2D eigenvalue weighted by molar-refractivity contribution is 0.187. The summed E-state index contributed by atoms with van der Waals surface area (Å²) >= 11 is 0. The molecule has 1 aromatic heterocycles. The van der Waals surface area contributed by atoms with Crippen molar-refractivity contribution in [1.82, 2.24) is 4.57 Å². The Labute approximate surface area is 85.6 Å². The molecule has 14 heavy (non-hydrogen) atoms. The molecule has 1 aliphatic carbocycles. The molecule has 1 aromatic rings. The Morgan fingerprint density at radius 2 is 2.21 bits per heavy atom. The molecule has 2 heteroatoms. The molecular weight excluding hydrogens is 174 g/mol. The highest BCUT2D eigenvalue weighted by Crippen LogP contribution is 2.27. The van der Waals surface area contributed by atoms with E-state index in [1.165, 1.54) is 25.7 Å². The summed E-state index contributed by atoms with van der Waals surface area (Å²) in [5.41, 5.74) is 1.05. The van der Waals surface area contributed by atoms with Crippen molar-refractivity contribution in [1.29, 1.82) is 0 Å². The zero-order chi connectivity index (χ0) is 9.97. The van der Waals surface area contributed by atoms with Gasteiger partial charge in [0.25, 0.3) is 0 Å². The summed E-state index contributed by atoms with van der Waals surface area (Å²) in [6.07, 6.45) is 7.23. The normalized spacial score (nSPS) is 20.1. The molecule has 1 unspecified atom stereocenters.